The highest BCUT2D eigenvalue weighted by molar-refractivity contribution is 5.86. The van der Waals surface area contributed by atoms with E-state index in [-0.39, 0.29) is 11.9 Å². The zero-order valence-corrected chi connectivity index (χ0v) is 13.0. The van der Waals surface area contributed by atoms with Crippen molar-refractivity contribution in [3.05, 3.63) is 54.4 Å². The van der Waals surface area contributed by atoms with E-state index in [1.807, 2.05) is 49.5 Å². The molecule has 7 heteroatoms. The maximum atomic E-state index is 12.4. The van der Waals surface area contributed by atoms with Gasteiger partial charge in [-0.3, -0.25) is 9.48 Å². The van der Waals surface area contributed by atoms with Crippen LogP contribution in [-0.2, 0) is 17.8 Å². The molecule has 0 aliphatic rings. The first-order chi connectivity index (χ1) is 11.0. The number of urea groups is 1. The van der Waals surface area contributed by atoms with Crippen LogP contribution in [0.4, 0.5) is 4.79 Å². The molecule has 2 atom stereocenters. The summed E-state index contributed by atoms with van der Waals surface area (Å²) >= 11 is 0. The molecule has 0 saturated carbocycles. The van der Waals surface area contributed by atoms with Crippen molar-refractivity contribution < 1.29 is 9.59 Å². The van der Waals surface area contributed by atoms with Crippen LogP contribution in [0.1, 0.15) is 12.5 Å². The molecule has 3 amide bonds. The van der Waals surface area contributed by atoms with Crippen molar-refractivity contribution in [2.75, 3.05) is 0 Å². The number of benzene rings is 1. The maximum Gasteiger partial charge on any atom is 0.312 e. The Morgan fingerprint density at radius 2 is 1.96 bits per heavy atom. The molecule has 0 spiro atoms. The van der Waals surface area contributed by atoms with E-state index in [9.17, 15) is 9.59 Å². The lowest BCUT2D eigenvalue weighted by Gasteiger charge is -2.21. The topological polar surface area (TPSA) is 102 Å². The SMILES string of the molecule is C[C@@H](Cn1cccn1)NC(=O)[C@@H](Cc1ccccc1)NC(N)=O. The summed E-state index contributed by atoms with van der Waals surface area (Å²) in [4.78, 5) is 23.6. The van der Waals surface area contributed by atoms with Gasteiger partial charge in [0.15, 0.2) is 0 Å². The summed E-state index contributed by atoms with van der Waals surface area (Å²) in [7, 11) is 0. The summed E-state index contributed by atoms with van der Waals surface area (Å²) in [6.45, 7) is 2.43. The third kappa shape index (κ3) is 5.46. The van der Waals surface area contributed by atoms with E-state index in [4.69, 9.17) is 5.73 Å². The summed E-state index contributed by atoms with van der Waals surface area (Å²) in [5.74, 6) is -0.271. The molecule has 23 heavy (non-hydrogen) atoms. The van der Waals surface area contributed by atoms with Gasteiger partial charge in [-0.15, -0.1) is 0 Å². The van der Waals surface area contributed by atoms with Gasteiger partial charge in [0.05, 0.1) is 6.54 Å². The average Bonchev–Trinajstić information content (AvgIpc) is 3.00. The molecule has 0 fully saturated rings. The fraction of sp³-hybridized carbons (Fsp3) is 0.312. The van der Waals surface area contributed by atoms with E-state index in [0.717, 1.165) is 5.56 Å². The molecule has 1 aromatic heterocycles. The van der Waals surface area contributed by atoms with Crippen LogP contribution in [-0.4, -0.2) is 33.8 Å². The Bertz CT molecular complexity index is 627. The Hall–Kier alpha value is -2.83. The van der Waals surface area contributed by atoms with Crippen molar-refractivity contribution in [3.63, 3.8) is 0 Å². The zero-order chi connectivity index (χ0) is 16.7. The van der Waals surface area contributed by atoms with Crippen molar-refractivity contribution in [1.82, 2.24) is 20.4 Å². The number of nitrogens with two attached hydrogens (primary N) is 1. The lowest BCUT2D eigenvalue weighted by Crippen LogP contribution is -2.52. The quantitative estimate of drug-likeness (QED) is 0.699. The number of amides is 3. The summed E-state index contributed by atoms with van der Waals surface area (Å²) < 4.78 is 1.73. The number of primary amides is 1. The normalized spacial score (nSPS) is 13.1. The number of carbonyl (C=O) groups is 2. The first-order valence-corrected chi connectivity index (χ1v) is 7.42. The van der Waals surface area contributed by atoms with Crippen LogP contribution in [0, 0.1) is 0 Å². The smallest absolute Gasteiger partial charge is 0.312 e. The second-order valence-corrected chi connectivity index (χ2v) is 5.39. The highest BCUT2D eigenvalue weighted by Gasteiger charge is 2.21. The Balaban J connectivity index is 1.96. The highest BCUT2D eigenvalue weighted by atomic mass is 16.2. The molecule has 0 saturated heterocycles. The van der Waals surface area contributed by atoms with E-state index >= 15 is 0 Å². The van der Waals surface area contributed by atoms with Crippen molar-refractivity contribution in [1.29, 1.82) is 0 Å². The van der Waals surface area contributed by atoms with Gasteiger partial charge in [-0.2, -0.15) is 5.10 Å². The Morgan fingerprint density at radius 3 is 2.57 bits per heavy atom. The van der Waals surface area contributed by atoms with Crippen molar-refractivity contribution in [2.45, 2.75) is 32.0 Å². The van der Waals surface area contributed by atoms with Crippen LogP contribution < -0.4 is 16.4 Å². The van der Waals surface area contributed by atoms with E-state index < -0.39 is 12.1 Å². The number of carbonyl (C=O) groups excluding carboxylic acids is 2. The van der Waals surface area contributed by atoms with E-state index in [1.54, 1.807) is 10.9 Å². The molecule has 0 aliphatic carbocycles. The molecule has 1 aromatic carbocycles. The molecule has 0 aliphatic heterocycles. The van der Waals surface area contributed by atoms with E-state index in [2.05, 4.69) is 15.7 Å². The molecule has 0 bridgehead atoms. The molecular formula is C16H21N5O2. The molecule has 0 radical (unpaired) electrons. The maximum absolute atomic E-state index is 12.4. The molecular weight excluding hydrogens is 294 g/mol. The number of hydrogen-bond donors (Lipinski definition) is 3. The summed E-state index contributed by atoms with van der Waals surface area (Å²) in [5.41, 5.74) is 6.13. The van der Waals surface area contributed by atoms with Gasteiger partial charge in [0.2, 0.25) is 5.91 Å². The second kappa shape index (κ2) is 7.98. The molecule has 1 heterocycles. The third-order valence-electron chi connectivity index (χ3n) is 3.32. The first kappa shape index (κ1) is 16.5. The van der Waals surface area contributed by atoms with Gasteiger partial charge < -0.3 is 16.4 Å². The van der Waals surface area contributed by atoms with Crippen molar-refractivity contribution in [2.24, 2.45) is 5.73 Å². The highest BCUT2D eigenvalue weighted by Crippen LogP contribution is 2.04. The van der Waals surface area contributed by atoms with Gasteiger partial charge in [0.1, 0.15) is 6.04 Å². The molecule has 0 unspecified atom stereocenters. The Morgan fingerprint density at radius 1 is 1.22 bits per heavy atom. The van der Waals surface area contributed by atoms with Crippen LogP contribution >= 0.6 is 0 Å². The van der Waals surface area contributed by atoms with E-state index in [1.165, 1.54) is 0 Å². The van der Waals surface area contributed by atoms with Gasteiger partial charge in [0.25, 0.3) is 0 Å². The minimum absolute atomic E-state index is 0.129. The lowest BCUT2D eigenvalue weighted by molar-refractivity contribution is -0.123. The monoisotopic (exact) mass is 315 g/mol. The van der Waals surface area contributed by atoms with Gasteiger partial charge in [0, 0.05) is 24.9 Å². The molecule has 7 nitrogen and oxygen atoms in total. The minimum atomic E-state index is -0.721. The summed E-state index contributed by atoms with van der Waals surface area (Å²) in [6, 6.07) is 9.72. The van der Waals surface area contributed by atoms with Crippen molar-refractivity contribution in [3.8, 4) is 0 Å². The molecule has 2 aromatic rings. The predicted molar refractivity (Wildman–Crippen MR) is 86.5 cm³/mol. The Kier molecular flexibility index (Phi) is 5.74. The Labute approximate surface area is 134 Å². The average molecular weight is 315 g/mol. The predicted octanol–water partition coefficient (Wildman–Crippen LogP) is 0.667. The van der Waals surface area contributed by atoms with Crippen LogP contribution in [0.15, 0.2) is 48.8 Å². The van der Waals surface area contributed by atoms with Gasteiger partial charge in [-0.05, 0) is 18.6 Å². The van der Waals surface area contributed by atoms with Gasteiger partial charge in [-0.25, -0.2) is 4.79 Å². The number of nitrogens with zero attached hydrogens (tertiary/aromatic N) is 2. The molecule has 122 valence electrons. The number of nitrogens with one attached hydrogen (secondary N) is 2. The lowest BCUT2D eigenvalue weighted by atomic mass is 10.1. The van der Waals surface area contributed by atoms with Crippen molar-refractivity contribution >= 4 is 11.9 Å². The second-order valence-electron chi connectivity index (χ2n) is 5.39. The first-order valence-electron chi connectivity index (χ1n) is 7.42. The van der Waals surface area contributed by atoms with Gasteiger partial charge >= 0.3 is 6.03 Å². The fourth-order valence-corrected chi connectivity index (χ4v) is 2.31. The zero-order valence-electron chi connectivity index (χ0n) is 13.0. The third-order valence-corrected chi connectivity index (χ3v) is 3.32. The van der Waals surface area contributed by atoms with Crippen LogP contribution in [0.3, 0.4) is 0 Å². The standard InChI is InChI=1S/C16H21N5O2/c1-12(11-21-9-5-8-18-21)19-15(22)14(20-16(17)23)10-13-6-3-2-4-7-13/h2-9,12,14H,10-11H2,1H3,(H,19,22)(H3,17,20,23)/t12-,14+/m0/s1. The number of aromatic nitrogens is 2. The van der Waals surface area contributed by atoms with Gasteiger partial charge in [-0.1, -0.05) is 30.3 Å². The largest absolute Gasteiger partial charge is 0.352 e. The number of hydrogen-bond acceptors (Lipinski definition) is 3. The van der Waals surface area contributed by atoms with Crippen LogP contribution in [0.25, 0.3) is 0 Å². The molecule has 4 N–H and O–H groups in total. The number of rotatable bonds is 7. The summed E-state index contributed by atoms with van der Waals surface area (Å²) in [5, 5.41) is 9.47. The van der Waals surface area contributed by atoms with Crippen LogP contribution in [0.5, 0.6) is 0 Å². The van der Waals surface area contributed by atoms with E-state index in [0.29, 0.717) is 13.0 Å². The minimum Gasteiger partial charge on any atom is -0.352 e. The fourth-order valence-electron chi connectivity index (χ4n) is 2.31. The summed E-state index contributed by atoms with van der Waals surface area (Å²) in [6.07, 6.45) is 3.89. The van der Waals surface area contributed by atoms with Crippen LogP contribution in [0.2, 0.25) is 0 Å². The molecule has 2 rings (SSSR count).